The van der Waals surface area contributed by atoms with E-state index in [0.717, 1.165) is 19.3 Å². The van der Waals surface area contributed by atoms with E-state index in [9.17, 15) is 4.79 Å². The zero-order valence-corrected chi connectivity index (χ0v) is 17.3. The van der Waals surface area contributed by atoms with Crippen molar-refractivity contribution in [3.63, 3.8) is 0 Å². The maximum atomic E-state index is 12.7. The van der Waals surface area contributed by atoms with Gasteiger partial charge in [0, 0.05) is 13.6 Å². The second-order valence-electron chi connectivity index (χ2n) is 6.94. The van der Waals surface area contributed by atoms with Crippen LogP contribution in [0.3, 0.4) is 0 Å². The number of carbonyl (C=O) groups is 1. The van der Waals surface area contributed by atoms with Crippen LogP contribution in [-0.4, -0.2) is 43.5 Å². The van der Waals surface area contributed by atoms with E-state index in [4.69, 9.17) is 0 Å². The van der Waals surface area contributed by atoms with Crippen molar-refractivity contribution in [2.45, 2.75) is 31.3 Å². The molecule has 0 saturated carbocycles. The quantitative estimate of drug-likeness (QED) is 0.812. The third-order valence-electron chi connectivity index (χ3n) is 5.12. The van der Waals surface area contributed by atoms with Gasteiger partial charge in [-0.15, -0.1) is 12.4 Å². The van der Waals surface area contributed by atoms with Gasteiger partial charge in [0.25, 0.3) is 0 Å². The van der Waals surface area contributed by atoms with Crippen molar-refractivity contribution in [2.75, 3.05) is 27.7 Å². The molecular weight excluding hydrogens is 366 g/mol. The lowest BCUT2D eigenvalue weighted by atomic mass is 9.87. The predicted octanol–water partition coefficient (Wildman–Crippen LogP) is 4.49. The van der Waals surface area contributed by atoms with Gasteiger partial charge < -0.3 is 15.1 Å². The lowest BCUT2D eigenvalue weighted by Crippen LogP contribution is -2.43. The summed E-state index contributed by atoms with van der Waals surface area (Å²) in [5, 5.41) is 7.36. The minimum Gasteiger partial charge on any atom is -0.336 e. The number of benzene rings is 1. The van der Waals surface area contributed by atoms with Gasteiger partial charge in [-0.2, -0.15) is 11.3 Å². The van der Waals surface area contributed by atoms with Gasteiger partial charge in [0.05, 0.1) is 12.1 Å². The van der Waals surface area contributed by atoms with Crippen molar-refractivity contribution in [3.05, 3.63) is 57.8 Å². The summed E-state index contributed by atoms with van der Waals surface area (Å²) in [6.07, 6.45) is 3.28. The van der Waals surface area contributed by atoms with Gasteiger partial charge in [-0.1, -0.05) is 24.3 Å². The molecule has 1 aromatic heterocycles. The number of nitrogens with one attached hydrogen (secondary N) is 1. The average molecular weight is 394 g/mol. The summed E-state index contributed by atoms with van der Waals surface area (Å²) in [7, 11) is 6.02. The van der Waals surface area contributed by atoms with Crippen molar-refractivity contribution in [3.8, 4) is 0 Å². The van der Waals surface area contributed by atoms with E-state index in [1.807, 2.05) is 11.9 Å². The van der Waals surface area contributed by atoms with Crippen LogP contribution in [0.2, 0.25) is 0 Å². The number of thiophene rings is 1. The second-order valence-corrected chi connectivity index (χ2v) is 7.72. The Hall–Kier alpha value is -1.56. The van der Waals surface area contributed by atoms with Gasteiger partial charge in [-0.3, -0.25) is 0 Å². The summed E-state index contributed by atoms with van der Waals surface area (Å²) in [5.41, 5.74) is 3.93. The Balaban J connectivity index is 0.00000243. The molecule has 2 atom stereocenters. The number of hydrogen-bond donors (Lipinski definition) is 1. The number of carbonyl (C=O) groups excluding carboxylic acids is 1. The van der Waals surface area contributed by atoms with E-state index in [-0.39, 0.29) is 30.5 Å². The van der Waals surface area contributed by atoms with Crippen LogP contribution in [0.25, 0.3) is 0 Å². The molecule has 0 spiro atoms. The molecule has 3 rings (SSSR count). The van der Waals surface area contributed by atoms with Gasteiger partial charge in [-0.05, 0) is 66.9 Å². The van der Waals surface area contributed by atoms with E-state index in [0.29, 0.717) is 6.54 Å². The fourth-order valence-corrected chi connectivity index (χ4v) is 4.35. The van der Waals surface area contributed by atoms with Crippen LogP contribution in [-0.2, 0) is 6.42 Å². The van der Waals surface area contributed by atoms with Gasteiger partial charge in [0.1, 0.15) is 0 Å². The Morgan fingerprint density at radius 1 is 1.27 bits per heavy atom. The molecule has 2 aromatic rings. The lowest BCUT2D eigenvalue weighted by Gasteiger charge is -2.34. The number of hydrogen-bond acceptors (Lipinski definition) is 3. The fraction of sp³-hybridized carbons (Fsp3) is 0.450. The fourth-order valence-electron chi connectivity index (χ4n) is 3.64. The minimum atomic E-state index is 0. The van der Waals surface area contributed by atoms with E-state index in [1.165, 1.54) is 16.7 Å². The highest BCUT2D eigenvalue weighted by molar-refractivity contribution is 7.07. The molecular formula is C20H28ClN3OS. The van der Waals surface area contributed by atoms with Crippen molar-refractivity contribution >= 4 is 29.8 Å². The Bertz CT molecular complexity index is 705. The standard InChI is InChI=1S/C20H27N3OS.ClH/c1-22(2)19(16-11-12-25-14-16)13-21-20(24)23(3)18-10-6-8-15-7-4-5-9-17(15)18;/h4-5,7,9,11-12,14,18-19H,6,8,10,13H2,1-3H3,(H,21,24);1H/t18-,19?;/m0./s1. The highest BCUT2D eigenvalue weighted by Crippen LogP contribution is 2.33. The zero-order valence-electron chi connectivity index (χ0n) is 15.6. The molecule has 1 aliphatic carbocycles. The molecule has 1 N–H and O–H groups in total. The van der Waals surface area contributed by atoms with Crippen LogP contribution in [0.5, 0.6) is 0 Å². The smallest absolute Gasteiger partial charge is 0.317 e. The van der Waals surface area contributed by atoms with E-state index >= 15 is 0 Å². The summed E-state index contributed by atoms with van der Waals surface area (Å²) in [5.74, 6) is 0. The summed E-state index contributed by atoms with van der Waals surface area (Å²) in [6.45, 7) is 0.612. The molecule has 1 aliphatic rings. The first kappa shape index (κ1) is 20.7. The van der Waals surface area contributed by atoms with Gasteiger partial charge in [0.2, 0.25) is 0 Å². The van der Waals surface area contributed by atoms with E-state index < -0.39 is 0 Å². The highest BCUT2D eigenvalue weighted by atomic mass is 35.5. The number of rotatable bonds is 5. The maximum Gasteiger partial charge on any atom is 0.317 e. The lowest BCUT2D eigenvalue weighted by molar-refractivity contribution is 0.179. The second kappa shape index (κ2) is 9.40. The molecule has 0 radical (unpaired) electrons. The highest BCUT2D eigenvalue weighted by Gasteiger charge is 2.27. The Morgan fingerprint density at radius 2 is 2.04 bits per heavy atom. The molecule has 1 aromatic carbocycles. The SMILES string of the molecule is CN(C)C(CNC(=O)N(C)[C@H]1CCCc2ccccc21)c1ccsc1.Cl. The number of halogens is 1. The third kappa shape index (κ3) is 4.58. The molecule has 0 fully saturated rings. The normalized spacial score (nSPS) is 17.2. The summed E-state index contributed by atoms with van der Waals surface area (Å²) < 4.78 is 0. The largest absolute Gasteiger partial charge is 0.336 e. The molecule has 0 aliphatic heterocycles. The number of urea groups is 1. The molecule has 0 bridgehead atoms. The van der Waals surface area contributed by atoms with Gasteiger partial charge >= 0.3 is 6.03 Å². The number of nitrogens with zero attached hydrogens (tertiary/aromatic N) is 2. The molecule has 26 heavy (non-hydrogen) atoms. The van der Waals surface area contributed by atoms with Crippen molar-refractivity contribution in [2.24, 2.45) is 0 Å². The van der Waals surface area contributed by atoms with Gasteiger partial charge in [-0.25, -0.2) is 4.79 Å². The van der Waals surface area contributed by atoms with Crippen LogP contribution in [0.15, 0.2) is 41.1 Å². The third-order valence-corrected chi connectivity index (χ3v) is 5.83. The first-order valence-electron chi connectivity index (χ1n) is 8.85. The molecule has 6 heteroatoms. The first-order chi connectivity index (χ1) is 12.1. The Kier molecular flexibility index (Phi) is 7.50. The van der Waals surface area contributed by atoms with Gasteiger partial charge in [0.15, 0.2) is 0 Å². The molecule has 1 unspecified atom stereocenters. The van der Waals surface area contributed by atoms with Crippen LogP contribution in [0.4, 0.5) is 4.79 Å². The molecule has 2 amide bonds. The predicted molar refractivity (Wildman–Crippen MR) is 111 cm³/mol. The van der Waals surface area contributed by atoms with E-state index in [1.54, 1.807) is 11.3 Å². The van der Waals surface area contributed by atoms with Crippen molar-refractivity contribution in [1.82, 2.24) is 15.1 Å². The van der Waals surface area contributed by atoms with Crippen LogP contribution < -0.4 is 5.32 Å². The average Bonchev–Trinajstić information content (AvgIpc) is 3.14. The molecule has 142 valence electrons. The Morgan fingerprint density at radius 3 is 2.73 bits per heavy atom. The first-order valence-corrected chi connectivity index (χ1v) is 9.79. The maximum absolute atomic E-state index is 12.7. The van der Waals surface area contributed by atoms with Crippen molar-refractivity contribution < 1.29 is 4.79 Å². The number of aryl methyl sites for hydroxylation is 1. The molecule has 0 saturated heterocycles. The van der Waals surface area contributed by atoms with Crippen molar-refractivity contribution in [1.29, 1.82) is 0 Å². The monoisotopic (exact) mass is 393 g/mol. The number of fused-ring (bicyclic) bond motifs is 1. The Labute approximate surface area is 166 Å². The minimum absolute atomic E-state index is 0. The molecule has 4 nitrogen and oxygen atoms in total. The molecule has 1 heterocycles. The number of likely N-dealkylation sites (N-methyl/N-ethyl adjacent to an activating group) is 1. The van der Waals surface area contributed by atoms with E-state index in [2.05, 4.69) is 65.4 Å². The zero-order chi connectivity index (χ0) is 17.8. The van der Waals surface area contributed by atoms with Crippen LogP contribution >= 0.6 is 23.7 Å². The topological polar surface area (TPSA) is 35.6 Å². The summed E-state index contributed by atoms with van der Waals surface area (Å²) >= 11 is 1.69. The number of amides is 2. The van der Waals surface area contributed by atoms with Crippen LogP contribution in [0.1, 0.15) is 41.6 Å². The van der Waals surface area contributed by atoms with Crippen LogP contribution in [0, 0.1) is 0 Å². The summed E-state index contributed by atoms with van der Waals surface area (Å²) in [4.78, 5) is 16.8. The summed E-state index contributed by atoms with van der Waals surface area (Å²) in [6, 6.07) is 11.0.